The van der Waals surface area contributed by atoms with Gasteiger partial charge in [0, 0.05) is 18.3 Å². The van der Waals surface area contributed by atoms with Gasteiger partial charge in [0.15, 0.2) is 0 Å². The molecule has 0 radical (unpaired) electrons. The number of aliphatic hydroxyl groups excluding tert-OH is 1. The largest absolute Gasteiger partial charge is 0.395 e. The van der Waals surface area contributed by atoms with E-state index >= 15 is 0 Å². The lowest BCUT2D eigenvalue weighted by Gasteiger charge is -2.29. The molecular formula is C15H24F2N2O. The van der Waals surface area contributed by atoms with Crippen molar-refractivity contribution in [2.75, 3.05) is 31.1 Å². The van der Waals surface area contributed by atoms with Crippen molar-refractivity contribution in [1.82, 2.24) is 5.32 Å². The number of hydrogen-bond acceptors (Lipinski definition) is 3. The average Bonchev–Trinajstić information content (AvgIpc) is 2.44. The van der Waals surface area contributed by atoms with Crippen molar-refractivity contribution in [3.63, 3.8) is 0 Å². The molecule has 0 amide bonds. The molecule has 0 aliphatic carbocycles. The third-order valence-corrected chi connectivity index (χ3v) is 3.24. The van der Waals surface area contributed by atoms with Crippen molar-refractivity contribution in [3.8, 4) is 0 Å². The first-order valence-corrected chi connectivity index (χ1v) is 7.10. The molecule has 0 heterocycles. The Bertz CT molecular complexity index is 388. The molecule has 0 spiro atoms. The quantitative estimate of drug-likeness (QED) is 0.733. The molecule has 114 valence electrons. The molecule has 0 aliphatic rings. The van der Waals surface area contributed by atoms with E-state index in [0.717, 1.165) is 24.2 Å². The van der Waals surface area contributed by atoms with E-state index in [4.69, 9.17) is 5.11 Å². The van der Waals surface area contributed by atoms with Gasteiger partial charge in [0.05, 0.1) is 13.2 Å². The molecule has 1 atom stereocenters. The fourth-order valence-corrected chi connectivity index (χ4v) is 2.39. The standard InChI is InChI=1S/C15H24F2N2O/c1-3-13(18-4-2)12-7-5-6-8-14(12)19(9-10-20)11-15(16)17/h5-8,13,15,18,20H,3-4,9-11H2,1-2H3. The second kappa shape index (κ2) is 8.87. The number of para-hydroxylation sites is 1. The van der Waals surface area contributed by atoms with Crippen LogP contribution in [0.4, 0.5) is 14.5 Å². The second-order valence-electron chi connectivity index (χ2n) is 4.64. The molecule has 0 saturated heterocycles. The van der Waals surface area contributed by atoms with E-state index in [2.05, 4.69) is 12.2 Å². The number of nitrogens with zero attached hydrogens (tertiary/aromatic N) is 1. The molecule has 0 aliphatic heterocycles. The lowest BCUT2D eigenvalue weighted by molar-refractivity contribution is 0.152. The van der Waals surface area contributed by atoms with Gasteiger partial charge in [0.25, 0.3) is 6.43 Å². The Hall–Kier alpha value is -1.20. The van der Waals surface area contributed by atoms with Crippen molar-refractivity contribution in [1.29, 1.82) is 0 Å². The van der Waals surface area contributed by atoms with Gasteiger partial charge in [-0.05, 0) is 24.6 Å². The van der Waals surface area contributed by atoms with Gasteiger partial charge >= 0.3 is 0 Å². The van der Waals surface area contributed by atoms with Crippen LogP contribution in [0.25, 0.3) is 0 Å². The van der Waals surface area contributed by atoms with Crippen molar-refractivity contribution in [3.05, 3.63) is 29.8 Å². The highest BCUT2D eigenvalue weighted by molar-refractivity contribution is 5.55. The van der Waals surface area contributed by atoms with Gasteiger partial charge in [-0.2, -0.15) is 0 Å². The summed E-state index contributed by atoms with van der Waals surface area (Å²) in [4.78, 5) is 1.56. The summed E-state index contributed by atoms with van der Waals surface area (Å²) < 4.78 is 25.4. The van der Waals surface area contributed by atoms with E-state index in [9.17, 15) is 8.78 Å². The van der Waals surface area contributed by atoms with Crippen molar-refractivity contribution >= 4 is 5.69 Å². The van der Waals surface area contributed by atoms with E-state index in [1.54, 1.807) is 4.90 Å². The molecule has 1 rings (SSSR count). The maximum absolute atomic E-state index is 12.7. The molecule has 3 nitrogen and oxygen atoms in total. The molecule has 0 bridgehead atoms. The van der Waals surface area contributed by atoms with Crippen LogP contribution in [0, 0.1) is 0 Å². The summed E-state index contributed by atoms with van der Waals surface area (Å²) in [5, 5.41) is 12.5. The smallest absolute Gasteiger partial charge is 0.255 e. The molecule has 0 fully saturated rings. The number of anilines is 1. The van der Waals surface area contributed by atoms with Crippen LogP contribution in [0.2, 0.25) is 0 Å². The van der Waals surface area contributed by atoms with Crippen LogP contribution in [0.5, 0.6) is 0 Å². The van der Waals surface area contributed by atoms with E-state index < -0.39 is 6.43 Å². The summed E-state index contributed by atoms with van der Waals surface area (Å²) in [6, 6.07) is 7.69. The Morgan fingerprint density at radius 2 is 1.95 bits per heavy atom. The van der Waals surface area contributed by atoms with Gasteiger partial charge in [0.1, 0.15) is 0 Å². The van der Waals surface area contributed by atoms with Crippen LogP contribution >= 0.6 is 0 Å². The number of hydrogen-bond donors (Lipinski definition) is 2. The van der Waals surface area contributed by atoms with Crippen molar-refractivity contribution < 1.29 is 13.9 Å². The van der Waals surface area contributed by atoms with Crippen LogP contribution in [0.3, 0.4) is 0 Å². The molecule has 5 heteroatoms. The Labute approximate surface area is 119 Å². The van der Waals surface area contributed by atoms with Gasteiger partial charge in [0.2, 0.25) is 0 Å². The zero-order valence-corrected chi connectivity index (χ0v) is 12.1. The Morgan fingerprint density at radius 1 is 1.25 bits per heavy atom. The topological polar surface area (TPSA) is 35.5 Å². The minimum absolute atomic E-state index is 0.134. The number of benzene rings is 1. The summed E-state index contributed by atoms with van der Waals surface area (Å²) in [6.45, 7) is 4.62. The Kier molecular flexibility index (Phi) is 7.47. The van der Waals surface area contributed by atoms with E-state index in [-0.39, 0.29) is 25.7 Å². The van der Waals surface area contributed by atoms with Gasteiger partial charge < -0.3 is 15.3 Å². The lowest BCUT2D eigenvalue weighted by Crippen LogP contribution is -2.33. The summed E-state index contributed by atoms with van der Waals surface area (Å²) in [5.41, 5.74) is 1.78. The summed E-state index contributed by atoms with van der Waals surface area (Å²) >= 11 is 0. The third kappa shape index (κ3) is 4.72. The number of halogens is 2. The Balaban J connectivity index is 3.07. The first kappa shape index (κ1) is 16.9. The highest BCUT2D eigenvalue weighted by Crippen LogP contribution is 2.28. The fraction of sp³-hybridized carbons (Fsp3) is 0.600. The van der Waals surface area contributed by atoms with E-state index in [1.165, 1.54) is 0 Å². The van der Waals surface area contributed by atoms with Gasteiger partial charge in [-0.15, -0.1) is 0 Å². The fourth-order valence-electron chi connectivity index (χ4n) is 2.39. The van der Waals surface area contributed by atoms with Crippen molar-refractivity contribution in [2.45, 2.75) is 32.7 Å². The molecule has 0 saturated carbocycles. The maximum atomic E-state index is 12.7. The second-order valence-corrected chi connectivity index (χ2v) is 4.64. The number of alkyl halides is 2. The highest BCUT2D eigenvalue weighted by atomic mass is 19.3. The minimum Gasteiger partial charge on any atom is -0.395 e. The average molecular weight is 286 g/mol. The van der Waals surface area contributed by atoms with E-state index in [1.807, 2.05) is 31.2 Å². The highest BCUT2D eigenvalue weighted by Gasteiger charge is 2.19. The predicted octanol–water partition coefficient (Wildman–Crippen LogP) is 2.81. The van der Waals surface area contributed by atoms with Crippen LogP contribution in [-0.4, -0.2) is 37.8 Å². The normalized spacial score (nSPS) is 12.7. The minimum atomic E-state index is -2.42. The zero-order valence-electron chi connectivity index (χ0n) is 12.1. The third-order valence-electron chi connectivity index (χ3n) is 3.24. The van der Waals surface area contributed by atoms with Crippen LogP contribution in [0.1, 0.15) is 31.9 Å². The number of nitrogens with one attached hydrogen (secondary N) is 1. The SMILES string of the molecule is CCNC(CC)c1ccccc1N(CCO)CC(F)F. The molecule has 1 aromatic rings. The predicted molar refractivity (Wildman–Crippen MR) is 78.5 cm³/mol. The number of rotatable bonds is 9. The molecule has 2 N–H and O–H groups in total. The van der Waals surface area contributed by atoms with Crippen molar-refractivity contribution in [2.24, 2.45) is 0 Å². The first-order valence-electron chi connectivity index (χ1n) is 7.10. The van der Waals surface area contributed by atoms with Gasteiger partial charge in [-0.3, -0.25) is 0 Å². The maximum Gasteiger partial charge on any atom is 0.255 e. The van der Waals surface area contributed by atoms with E-state index in [0.29, 0.717) is 0 Å². The molecular weight excluding hydrogens is 262 g/mol. The number of aliphatic hydroxyl groups is 1. The van der Waals surface area contributed by atoms with Gasteiger partial charge in [-0.1, -0.05) is 32.0 Å². The van der Waals surface area contributed by atoms with Crippen LogP contribution in [-0.2, 0) is 0 Å². The zero-order chi connectivity index (χ0) is 15.0. The van der Waals surface area contributed by atoms with Crippen LogP contribution in [0.15, 0.2) is 24.3 Å². The summed E-state index contributed by atoms with van der Waals surface area (Å²) in [6.07, 6.45) is -1.54. The summed E-state index contributed by atoms with van der Waals surface area (Å²) in [5.74, 6) is 0. The molecule has 1 unspecified atom stereocenters. The lowest BCUT2D eigenvalue weighted by atomic mass is 10.0. The van der Waals surface area contributed by atoms with Crippen LogP contribution < -0.4 is 10.2 Å². The molecule has 0 aromatic heterocycles. The monoisotopic (exact) mass is 286 g/mol. The first-order chi connectivity index (χ1) is 9.63. The molecule has 1 aromatic carbocycles. The molecule has 20 heavy (non-hydrogen) atoms. The Morgan fingerprint density at radius 3 is 2.50 bits per heavy atom. The van der Waals surface area contributed by atoms with Gasteiger partial charge in [-0.25, -0.2) is 8.78 Å². The summed E-state index contributed by atoms with van der Waals surface area (Å²) in [7, 11) is 0.